The van der Waals surface area contributed by atoms with Gasteiger partial charge in [0.15, 0.2) is 0 Å². The number of nitrogens with one attached hydrogen (secondary N) is 1. The number of nitrogens with zero attached hydrogens (tertiary/aromatic N) is 1. The molecule has 2 atom stereocenters. The molecule has 1 aliphatic rings. The average molecular weight is 340 g/mol. The molecule has 0 radical (unpaired) electrons. The smallest absolute Gasteiger partial charge is 0.226 e. The van der Waals surface area contributed by atoms with Gasteiger partial charge in [0.1, 0.15) is 5.82 Å². The van der Waals surface area contributed by atoms with Crippen LogP contribution in [-0.4, -0.2) is 23.8 Å². The van der Waals surface area contributed by atoms with Crippen molar-refractivity contribution < 1.29 is 14.0 Å². The maximum atomic E-state index is 13.7. The highest BCUT2D eigenvalue weighted by Gasteiger charge is 2.42. The van der Waals surface area contributed by atoms with Crippen molar-refractivity contribution in [3.63, 3.8) is 0 Å². The van der Waals surface area contributed by atoms with E-state index in [9.17, 15) is 14.0 Å². The molecule has 5 heteroatoms. The van der Waals surface area contributed by atoms with E-state index < -0.39 is 5.92 Å². The van der Waals surface area contributed by atoms with Crippen LogP contribution < -0.4 is 5.32 Å². The predicted octanol–water partition coefficient (Wildman–Crippen LogP) is 2.97. The number of benzene rings is 2. The molecule has 130 valence electrons. The number of carbonyl (C=O) groups excluding carboxylic acids is 2. The van der Waals surface area contributed by atoms with Crippen LogP contribution in [0, 0.1) is 18.7 Å². The van der Waals surface area contributed by atoms with Crippen molar-refractivity contribution in [3.8, 4) is 0 Å². The lowest BCUT2D eigenvalue weighted by atomic mass is 9.92. The van der Waals surface area contributed by atoms with Gasteiger partial charge in [0.2, 0.25) is 11.8 Å². The Morgan fingerprint density at radius 3 is 2.56 bits per heavy atom. The fraction of sp³-hybridized carbons (Fsp3) is 0.300. The lowest BCUT2D eigenvalue weighted by Gasteiger charge is -2.25. The molecule has 2 aromatic rings. The number of aryl methyl sites for hydroxylation is 1. The van der Waals surface area contributed by atoms with Crippen molar-refractivity contribution >= 4 is 11.8 Å². The van der Waals surface area contributed by atoms with E-state index in [1.54, 1.807) is 30.1 Å². The highest BCUT2D eigenvalue weighted by atomic mass is 19.1. The van der Waals surface area contributed by atoms with Gasteiger partial charge < -0.3 is 10.2 Å². The van der Waals surface area contributed by atoms with Gasteiger partial charge in [-0.15, -0.1) is 0 Å². The van der Waals surface area contributed by atoms with Gasteiger partial charge in [-0.3, -0.25) is 9.59 Å². The average Bonchev–Trinajstić information content (AvgIpc) is 2.90. The molecule has 2 amide bonds. The molecule has 0 spiro atoms. The molecule has 0 bridgehead atoms. The van der Waals surface area contributed by atoms with Crippen LogP contribution in [0.5, 0.6) is 0 Å². The number of hydrogen-bond acceptors (Lipinski definition) is 2. The summed E-state index contributed by atoms with van der Waals surface area (Å²) >= 11 is 0. The fourth-order valence-corrected chi connectivity index (χ4v) is 3.28. The Morgan fingerprint density at radius 1 is 1.20 bits per heavy atom. The van der Waals surface area contributed by atoms with Gasteiger partial charge in [0, 0.05) is 25.6 Å². The molecule has 1 heterocycles. The van der Waals surface area contributed by atoms with E-state index in [1.165, 1.54) is 6.07 Å². The maximum Gasteiger partial charge on any atom is 0.226 e. The van der Waals surface area contributed by atoms with Crippen LogP contribution in [0.25, 0.3) is 0 Å². The zero-order valence-electron chi connectivity index (χ0n) is 14.3. The van der Waals surface area contributed by atoms with Crippen molar-refractivity contribution in [2.24, 2.45) is 5.92 Å². The van der Waals surface area contributed by atoms with Crippen LogP contribution in [-0.2, 0) is 16.1 Å². The van der Waals surface area contributed by atoms with Crippen LogP contribution >= 0.6 is 0 Å². The largest absolute Gasteiger partial charge is 0.352 e. The van der Waals surface area contributed by atoms with Crippen LogP contribution in [0.15, 0.2) is 48.5 Å². The van der Waals surface area contributed by atoms with Gasteiger partial charge >= 0.3 is 0 Å². The molecule has 2 aromatic carbocycles. The van der Waals surface area contributed by atoms with E-state index >= 15 is 0 Å². The second-order valence-corrected chi connectivity index (χ2v) is 6.48. The SMILES string of the molecule is Cc1ccc([C@H]2[C@@H](C(=O)NCc3ccccc3F)CC(=O)N2C)cc1. The minimum atomic E-state index is -0.480. The molecule has 1 N–H and O–H groups in total. The predicted molar refractivity (Wildman–Crippen MR) is 93.0 cm³/mol. The first-order valence-electron chi connectivity index (χ1n) is 8.30. The third kappa shape index (κ3) is 3.55. The first-order chi connectivity index (χ1) is 12.0. The first kappa shape index (κ1) is 17.1. The second-order valence-electron chi connectivity index (χ2n) is 6.48. The maximum absolute atomic E-state index is 13.7. The molecular weight excluding hydrogens is 319 g/mol. The summed E-state index contributed by atoms with van der Waals surface area (Å²) in [6.45, 7) is 2.10. The Hall–Kier alpha value is -2.69. The first-order valence-corrected chi connectivity index (χ1v) is 8.30. The van der Waals surface area contributed by atoms with Crippen molar-refractivity contribution in [2.75, 3.05) is 7.05 Å². The van der Waals surface area contributed by atoms with Crippen molar-refractivity contribution in [1.82, 2.24) is 10.2 Å². The molecule has 0 saturated carbocycles. The van der Waals surface area contributed by atoms with Crippen molar-refractivity contribution in [2.45, 2.75) is 25.9 Å². The molecule has 25 heavy (non-hydrogen) atoms. The molecule has 3 rings (SSSR count). The van der Waals surface area contributed by atoms with E-state index in [0.717, 1.165) is 11.1 Å². The third-order valence-corrected chi connectivity index (χ3v) is 4.75. The summed E-state index contributed by atoms with van der Waals surface area (Å²) in [5, 5.41) is 2.78. The summed E-state index contributed by atoms with van der Waals surface area (Å²) < 4.78 is 13.7. The number of halogens is 1. The van der Waals surface area contributed by atoms with Gasteiger partial charge in [-0.1, -0.05) is 48.0 Å². The lowest BCUT2D eigenvalue weighted by Crippen LogP contribution is -2.34. The lowest BCUT2D eigenvalue weighted by molar-refractivity contribution is -0.128. The second kappa shape index (κ2) is 7.05. The summed E-state index contributed by atoms with van der Waals surface area (Å²) in [6.07, 6.45) is 0.165. The van der Waals surface area contributed by atoms with Crippen LogP contribution in [0.2, 0.25) is 0 Å². The molecule has 0 aliphatic carbocycles. The highest BCUT2D eigenvalue weighted by Crippen LogP contribution is 2.37. The number of rotatable bonds is 4. The van der Waals surface area contributed by atoms with Crippen LogP contribution in [0.1, 0.15) is 29.2 Å². The Bertz CT molecular complexity index is 789. The number of likely N-dealkylation sites (tertiary alicyclic amines) is 1. The van der Waals surface area contributed by atoms with Gasteiger partial charge in [-0.2, -0.15) is 0 Å². The molecule has 1 aliphatic heterocycles. The highest BCUT2D eigenvalue weighted by molar-refractivity contribution is 5.90. The number of amides is 2. The quantitative estimate of drug-likeness (QED) is 0.930. The van der Waals surface area contributed by atoms with E-state index in [2.05, 4.69) is 5.32 Å². The Morgan fingerprint density at radius 2 is 1.88 bits per heavy atom. The third-order valence-electron chi connectivity index (χ3n) is 4.75. The fourth-order valence-electron chi connectivity index (χ4n) is 3.28. The normalized spacial score (nSPS) is 20.0. The van der Waals surface area contributed by atoms with Crippen LogP contribution in [0.3, 0.4) is 0 Å². The minimum absolute atomic E-state index is 0.0587. The van der Waals surface area contributed by atoms with E-state index in [-0.39, 0.29) is 36.6 Å². The van der Waals surface area contributed by atoms with E-state index in [4.69, 9.17) is 0 Å². The Labute approximate surface area is 146 Å². The monoisotopic (exact) mass is 340 g/mol. The number of carbonyl (C=O) groups is 2. The Kier molecular flexibility index (Phi) is 4.83. The molecule has 1 fully saturated rings. The number of hydrogen-bond donors (Lipinski definition) is 1. The molecule has 0 aromatic heterocycles. The van der Waals surface area contributed by atoms with Crippen molar-refractivity contribution in [3.05, 3.63) is 71.0 Å². The van der Waals surface area contributed by atoms with Gasteiger partial charge in [-0.05, 0) is 18.6 Å². The molecule has 0 unspecified atom stereocenters. The summed E-state index contributed by atoms with van der Waals surface area (Å²) in [5.41, 5.74) is 2.49. The minimum Gasteiger partial charge on any atom is -0.352 e. The molecular formula is C20H21FN2O2. The van der Waals surface area contributed by atoms with Crippen molar-refractivity contribution in [1.29, 1.82) is 0 Å². The summed E-state index contributed by atoms with van der Waals surface area (Å²) in [7, 11) is 1.72. The Balaban J connectivity index is 1.76. The molecule has 4 nitrogen and oxygen atoms in total. The van der Waals surface area contributed by atoms with E-state index in [1.807, 2.05) is 31.2 Å². The summed E-state index contributed by atoms with van der Waals surface area (Å²) in [6, 6.07) is 13.9. The standard InChI is InChI=1S/C20H21FN2O2/c1-13-7-9-14(10-8-13)19-16(11-18(24)23(19)2)20(25)22-12-15-5-3-4-6-17(15)21/h3-10,16,19H,11-12H2,1-2H3,(H,22,25)/t16-,19-/m0/s1. The van der Waals surface area contributed by atoms with Gasteiger partial charge in [0.25, 0.3) is 0 Å². The topological polar surface area (TPSA) is 49.4 Å². The zero-order valence-corrected chi connectivity index (χ0v) is 14.3. The van der Waals surface area contributed by atoms with E-state index in [0.29, 0.717) is 5.56 Å². The zero-order chi connectivity index (χ0) is 18.0. The van der Waals surface area contributed by atoms with Crippen LogP contribution in [0.4, 0.5) is 4.39 Å². The summed E-state index contributed by atoms with van der Waals surface area (Å²) in [4.78, 5) is 26.4. The van der Waals surface area contributed by atoms with Gasteiger partial charge in [0.05, 0.1) is 12.0 Å². The summed E-state index contributed by atoms with van der Waals surface area (Å²) in [5.74, 6) is -1.12. The molecule has 1 saturated heterocycles. The van der Waals surface area contributed by atoms with Gasteiger partial charge in [-0.25, -0.2) is 4.39 Å².